The lowest BCUT2D eigenvalue weighted by molar-refractivity contribution is -0.128. The monoisotopic (exact) mass is 235 g/mol. The van der Waals surface area contributed by atoms with Gasteiger partial charge in [-0.05, 0) is 19.8 Å². The number of carbonyl (C=O) groups is 1. The van der Waals surface area contributed by atoms with Gasteiger partial charge in [-0.15, -0.1) is 0 Å². The molecule has 0 unspecified atom stereocenters. The van der Waals surface area contributed by atoms with E-state index in [1.807, 2.05) is 13.8 Å². The van der Waals surface area contributed by atoms with Gasteiger partial charge in [0.05, 0.1) is 12.6 Å². The lowest BCUT2D eigenvalue weighted by atomic mass is 9.83. The molecule has 0 saturated heterocycles. The van der Waals surface area contributed by atoms with E-state index >= 15 is 0 Å². The molecule has 92 valence electrons. The van der Waals surface area contributed by atoms with E-state index in [1.54, 1.807) is 13.0 Å². The Balaban J connectivity index is 2.63. The first kappa shape index (κ1) is 13.2. The molecule has 0 aromatic carbocycles. The summed E-state index contributed by atoms with van der Waals surface area (Å²) in [6.45, 7) is 5.76. The maximum atomic E-state index is 11.9. The molecule has 0 bridgehead atoms. The van der Waals surface area contributed by atoms with E-state index in [0.717, 1.165) is 0 Å². The summed E-state index contributed by atoms with van der Waals surface area (Å²) in [5.41, 5.74) is -0.270. The Morgan fingerprint density at radius 3 is 2.65 bits per heavy atom. The second-order valence-corrected chi connectivity index (χ2v) is 4.01. The van der Waals surface area contributed by atoms with Gasteiger partial charge in [-0.1, -0.05) is 19.0 Å². The number of hydrogen-bond acceptors (Lipinski definition) is 4. The molecule has 1 N–H and O–H groups in total. The largest absolute Gasteiger partial charge is 0.361 e. The fraction of sp³-hybridized carbons (Fsp3) is 0.583. The Kier molecular flexibility index (Phi) is 4.27. The number of carbonyl (C=O) groups excluding carboxylic acids is 1. The quantitative estimate of drug-likeness (QED) is 0.845. The van der Waals surface area contributed by atoms with E-state index in [-0.39, 0.29) is 5.91 Å². The summed E-state index contributed by atoms with van der Waals surface area (Å²) in [6.07, 6.45) is 1.01. The van der Waals surface area contributed by atoms with Crippen LogP contribution < -0.4 is 5.32 Å². The minimum atomic E-state index is -0.932. The van der Waals surface area contributed by atoms with Crippen LogP contribution in [-0.4, -0.2) is 11.1 Å². The zero-order valence-corrected chi connectivity index (χ0v) is 10.4. The zero-order chi connectivity index (χ0) is 12.9. The van der Waals surface area contributed by atoms with Crippen LogP contribution in [0, 0.1) is 23.7 Å². The van der Waals surface area contributed by atoms with Gasteiger partial charge >= 0.3 is 0 Å². The van der Waals surface area contributed by atoms with Crippen LogP contribution in [0.25, 0.3) is 0 Å². The number of nitrogens with zero attached hydrogens (tertiary/aromatic N) is 2. The summed E-state index contributed by atoms with van der Waals surface area (Å²) < 4.78 is 4.90. The summed E-state index contributed by atoms with van der Waals surface area (Å²) in [4.78, 5) is 11.9. The van der Waals surface area contributed by atoms with Crippen LogP contribution in [0.4, 0.5) is 0 Å². The highest BCUT2D eigenvalue weighted by atomic mass is 16.5. The van der Waals surface area contributed by atoms with Crippen LogP contribution in [0.2, 0.25) is 0 Å². The van der Waals surface area contributed by atoms with Gasteiger partial charge in [0.15, 0.2) is 0 Å². The van der Waals surface area contributed by atoms with Crippen LogP contribution in [0.15, 0.2) is 10.6 Å². The van der Waals surface area contributed by atoms with Gasteiger partial charge in [-0.3, -0.25) is 4.79 Å². The number of aryl methyl sites for hydroxylation is 1. The van der Waals surface area contributed by atoms with Crippen LogP contribution in [0.3, 0.4) is 0 Å². The summed E-state index contributed by atoms with van der Waals surface area (Å²) in [5.74, 6) is 0.456. The van der Waals surface area contributed by atoms with Crippen molar-refractivity contribution in [2.75, 3.05) is 0 Å². The van der Waals surface area contributed by atoms with Gasteiger partial charge in [0.1, 0.15) is 16.9 Å². The highest BCUT2D eigenvalue weighted by Crippen LogP contribution is 2.25. The second-order valence-electron chi connectivity index (χ2n) is 4.01. The van der Waals surface area contributed by atoms with Crippen molar-refractivity contribution in [3.05, 3.63) is 17.5 Å². The van der Waals surface area contributed by atoms with Gasteiger partial charge in [-0.25, -0.2) is 0 Å². The van der Waals surface area contributed by atoms with Crippen molar-refractivity contribution in [2.45, 2.75) is 40.2 Å². The Morgan fingerprint density at radius 2 is 2.24 bits per heavy atom. The van der Waals surface area contributed by atoms with E-state index < -0.39 is 5.41 Å². The van der Waals surface area contributed by atoms with Crippen molar-refractivity contribution in [1.29, 1.82) is 5.26 Å². The topological polar surface area (TPSA) is 78.9 Å². The second kappa shape index (κ2) is 5.48. The molecule has 1 aromatic heterocycles. The van der Waals surface area contributed by atoms with E-state index in [2.05, 4.69) is 16.5 Å². The Morgan fingerprint density at radius 1 is 1.59 bits per heavy atom. The van der Waals surface area contributed by atoms with Crippen molar-refractivity contribution in [2.24, 2.45) is 5.41 Å². The molecule has 0 spiro atoms. The van der Waals surface area contributed by atoms with E-state index in [9.17, 15) is 4.79 Å². The average molecular weight is 235 g/mol. The molecule has 0 saturated carbocycles. The molecule has 0 aliphatic carbocycles. The number of rotatable bonds is 5. The Bertz CT molecular complexity index is 427. The van der Waals surface area contributed by atoms with Crippen molar-refractivity contribution < 1.29 is 9.32 Å². The predicted octanol–water partition coefficient (Wildman–Crippen LogP) is 1.93. The Hall–Kier alpha value is -1.83. The van der Waals surface area contributed by atoms with E-state index in [0.29, 0.717) is 30.8 Å². The van der Waals surface area contributed by atoms with Gasteiger partial charge in [0.2, 0.25) is 5.91 Å². The smallest absolute Gasteiger partial charge is 0.240 e. The molecule has 0 aliphatic heterocycles. The molecule has 5 nitrogen and oxygen atoms in total. The van der Waals surface area contributed by atoms with E-state index in [1.165, 1.54) is 0 Å². The van der Waals surface area contributed by atoms with Crippen LogP contribution >= 0.6 is 0 Å². The molecule has 0 aliphatic rings. The minimum absolute atomic E-state index is 0.245. The number of amides is 1. The van der Waals surface area contributed by atoms with Crippen molar-refractivity contribution in [1.82, 2.24) is 10.5 Å². The third-order valence-corrected chi connectivity index (χ3v) is 2.96. The summed E-state index contributed by atoms with van der Waals surface area (Å²) >= 11 is 0. The van der Waals surface area contributed by atoms with Gasteiger partial charge in [0.25, 0.3) is 0 Å². The highest BCUT2D eigenvalue weighted by molar-refractivity contribution is 5.85. The normalized spacial score (nSPS) is 10.9. The van der Waals surface area contributed by atoms with Gasteiger partial charge < -0.3 is 9.84 Å². The molecule has 5 heteroatoms. The first-order chi connectivity index (χ1) is 8.07. The number of aromatic nitrogens is 1. The third kappa shape index (κ3) is 2.84. The molecular weight excluding hydrogens is 218 g/mol. The lowest BCUT2D eigenvalue weighted by Gasteiger charge is -2.21. The average Bonchev–Trinajstić information content (AvgIpc) is 2.75. The molecule has 1 amide bonds. The zero-order valence-electron chi connectivity index (χ0n) is 10.4. The van der Waals surface area contributed by atoms with Crippen LogP contribution in [-0.2, 0) is 11.3 Å². The van der Waals surface area contributed by atoms with Crippen molar-refractivity contribution in [3.63, 3.8) is 0 Å². The lowest BCUT2D eigenvalue weighted by Crippen LogP contribution is -2.39. The fourth-order valence-electron chi connectivity index (χ4n) is 1.62. The first-order valence-corrected chi connectivity index (χ1v) is 5.69. The molecule has 1 heterocycles. The molecular formula is C12H17N3O2. The fourth-order valence-corrected chi connectivity index (χ4v) is 1.62. The minimum Gasteiger partial charge on any atom is -0.361 e. The molecule has 0 atom stereocenters. The molecule has 1 aromatic rings. The molecule has 1 rings (SSSR count). The van der Waals surface area contributed by atoms with Crippen LogP contribution in [0.1, 0.15) is 38.1 Å². The first-order valence-electron chi connectivity index (χ1n) is 5.69. The molecule has 0 radical (unpaired) electrons. The van der Waals surface area contributed by atoms with Crippen molar-refractivity contribution in [3.8, 4) is 6.07 Å². The molecule has 17 heavy (non-hydrogen) atoms. The van der Waals surface area contributed by atoms with E-state index in [4.69, 9.17) is 9.78 Å². The van der Waals surface area contributed by atoms with Gasteiger partial charge in [-0.2, -0.15) is 5.26 Å². The Labute approximate surface area is 101 Å². The summed E-state index contributed by atoms with van der Waals surface area (Å²) in [6, 6.07) is 3.86. The van der Waals surface area contributed by atoms with Gasteiger partial charge in [0, 0.05) is 6.07 Å². The predicted molar refractivity (Wildman–Crippen MR) is 61.7 cm³/mol. The summed E-state index contributed by atoms with van der Waals surface area (Å²) in [7, 11) is 0. The maximum Gasteiger partial charge on any atom is 0.240 e. The highest BCUT2D eigenvalue weighted by Gasteiger charge is 2.34. The van der Waals surface area contributed by atoms with Crippen LogP contribution in [0.5, 0.6) is 0 Å². The third-order valence-electron chi connectivity index (χ3n) is 2.96. The SMILES string of the molecule is CCC(C#N)(CC)C(=O)NCc1cc(C)on1. The summed E-state index contributed by atoms with van der Waals surface area (Å²) in [5, 5.41) is 15.6. The maximum absolute atomic E-state index is 11.9. The number of hydrogen-bond donors (Lipinski definition) is 1. The number of nitriles is 1. The molecule has 0 fully saturated rings. The van der Waals surface area contributed by atoms with Crippen molar-refractivity contribution >= 4 is 5.91 Å². The standard InChI is InChI=1S/C12H17N3O2/c1-4-12(5-2,8-13)11(16)14-7-10-6-9(3)17-15-10/h6H,4-5,7H2,1-3H3,(H,14,16). The number of nitrogens with one attached hydrogen (secondary N) is 1.